The van der Waals surface area contributed by atoms with Crippen molar-refractivity contribution in [3.05, 3.63) is 21.7 Å². The SMILES string of the molecule is COc1cc(C)c(C2(CN)CCCC2)c(Br)c1OC. The van der Waals surface area contributed by atoms with E-state index in [9.17, 15) is 0 Å². The summed E-state index contributed by atoms with van der Waals surface area (Å²) in [5.74, 6) is 1.53. The van der Waals surface area contributed by atoms with Crippen LogP contribution < -0.4 is 15.2 Å². The molecule has 0 unspecified atom stereocenters. The Balaban J connectivity index is 2.63. The maximum absolute atomic E-state index is 6.11. The Bertz CT molecular complexity index is 468. The summed E-state index contributed by atoms with van der Waals surface area (Å²) in [6.45, 7) is 2.81. The fourth-order valence-electron chi connectivity index (χ4n) is 3.33. The fraction of sp³-hybridized carbons (Fsp3) is 0.600. The lowest BCUT2D eigenvalue weighted by Gasteiger charge is -2.32. The van der Waals surface area contributed by atoms with Crippen molar-refractivity contribution < 1.29 is 9.47 Å². The third-order valence-corrected chi connectivity index (χ3v) is 5.05. The second-order valence-electron chi connectivity index (χ2n) is 5.31. The van der Waals surface area contributed by atoms with E-state index in [-0.39, 0.29) is 5.41 Å². The van der Waals surface area contributed by atoms with Crippen LogP contribution in [0.3, 0.4) is 0 Å². The minimum absolute atomic E-state index is 0.0858. The molecule has 1 aromatic rings. The molecule has 0 saturated heterocycles. The Morgan fingerprint density at radius 3 is 2.37 bits per heavy atom. The number of aryl methyl sites for hydroxylation is 1. The van der Waals surface area contributed by atoms with Gasteiger partial charge in [0.1, 0.15) is 0 Å². The summed E-state index contributed by atoms with van der Waals surface area (Å²) in [5, 5.41) is 0. The molecule has 3 nitrogen and oxygen atoms in total. The fourth-order valence-corrected chi connectivity index (χ4v) is 4.42. The maximum Gasteiger partial charge on any atom is 0.175 e. The minimum Gasteiger partial charge on any atom is -0.493 e. The Morgan fingerprint density at radius 1 is 1.26 bits per heavy atom. The normalized spacial score (nSPS) is 17.5. The van der Waals surface area contributed by atoms with Gasteiger partial charge in [-0.05, 0) is 52.9 Å². The molecule has 0 atom stereocenters. The largest absolute Gasteiger partial charge is 0.493 e. The van der Waals surface area contributed by atoms with Gasteiger partial charge in [0.15, 0.2) is 11.5 Å². The van der Waals surface area contributed by atoms with Crippen molar-refractivity contribution in [3.63, 3.8) is 0 Å². The Hall–Kier alpha value is -0.740. The summed E-state index contributed by atoms with van der Waals surface area (Å²) in [4.78, 5) is 0. The molecule has 0 aliphatic heterocycles. The quantitative estimate of drug-likeness (QED) is 0.919. The molecule has 0 amide bonds. The van der Waals surface area contributed by atoms with Crippen LogP contribution in [0.2, 0.25) is 0 Å². The van der Waals surface area contributed by atoms with E-state index in [2.05, 4.69) is 28.9 Å². The summed E-state index contributed by atoms with van der Waals surface area (Å²) in [6, 6.07) is 2.05. The zero-order chi connectivity index (χ0) is 14.0. The molecule has 0 spiro atoms. The molecule has 0 radical (unpaired) electrons. The lowest BCUT2D eigenvalue weighted by atomic mass is 9.76. The van der Waals surface area contributed by atoms with E-state index < -0.39 is 0 Å². The average molecular weight is 328 g/mol. The molecule has 2 rings (SSSR count). The van der Waals surface area contributed by atoms with Crippen molar-refractivity contribution in [1.29, 1.82) is 0 Å². The monoisotopic (exact) mass is 327 g/mol. The van der Waals surface area contributed by atoms with E-state index in [1.807, 2.05) is 0 Å². The smallest absolute Gasteiger partial charge is 0.175 e. The van der Waals surface area contributed by atoms with Gasteiger partial charge in [0.05, 0.1) is 18.7 Å². The van der Waals surface area contributed by atoms with Crippen LogP contribution in [0.4, 0.5) is 0 Å². The average Bonchev–Trinajstić information content (AvgIpc) is 2.88. The molecule has 1 aliphatic rings. The van der Waals surface area contributed by atoms with Crippen LogP contribution in [0, 0.1) is 6.92 Å². The van der Waals surface area contributed by atoms with Crippen molar-refractivity contribution in [2.24, 2.45) is 5.73 Å². The van der Waals surface area contributed by atoms with Gasteiger partial charge in [0, 0.05) is 12.0 Å². The standard InChI is InChI=1S/C15H22BrNO2/c1-10-8-11(18-2)14(19-3)13(16)12(10)15(9-17)6-4-5-7-15/h8H,4-7,9,17H2,1-3H3. The number of ether oxygens (including phenoxy) is 2. The summed E-state index contributed by atoms with van der Waals surface area (Å²) in [6.07, 6.45) is 4.80. The summed E-state index contributed by atoms with van der Waals surface area (Å²) < 4.78 is 11.9. The third-order valence-electron chi connectivity index (χ3n) is 4.29. The van der Waals surface area contributed by atoms with Crippen LogP contribution in [0.25, 0.3) is 0 Å². The molecule has 4 heteroatoms. The number of rotatable bonds is 4. The maximum atomic E-state index is 6.11. The van der Waals surface area contributed by atoms with Gasteiger partial charge < -0.3 is 15.2 Å². The van der Waals surface area contributed by atoms with Gasteiger partial charge in [-0.15, -0.1) is 0 Å². The van der Waals surface area contributed by atoms with E-state index >= 15 is 0 Å². The molecule has 1 fully saturated rings. The van der Waals surface area contributed by atoms with Gasteiger partial charge in [-0.1, -0.05) is 12.8 Å². The highest BCUT2D eigenvalue weighted by molar-refractivity contribution is 9.10. The predicted octanol–water partition coefficient (Wildman–Crippen LogP) is 3.55. The van der Waals surface area contributed by atoms with Crippen LogP contribution in [0.5, 0.6) is 11.5 Å². The Morgan fingerprint density at radius 2 is 1.89 bits per heavy atom. The van der Waals surface area contributed by atoms with E-state index in [1.165, 1.54) is 24.0 Å². The number of hydrogen-bond donors (Lipinski definition) is 1. The van der Waals surface area contributed by atoms with Crippen molar-refractivity contribution in [2.45, 2.75) is 38.0 Å². The summed E-state index contributed by atoms with van der Waals surface area (Å²) >= 11 is 3.71. The predicted molar refractivity (Wildman–Crippen MR) is 81.2 cm³/mol. The Kier molecular flexibility index (Phi) is 4.41. The minimum atomic E-state index is 0.0858. The second-order valence-corrected chi connectivity index (χ2v) is 6.10. The first-order valence-corrected chi connectivity index (χ1v) is 7.50. The first kappa shape index (κ1) is 14.7. The van der Waals surface area contributed by atoms with Gasteiger partial charge >= 0.3 is 0 Å². The second kappa shape index (κ2) is 5.71. The molecule has 19 heavy (non-hydrogen) atoms. The van der Waals surface area contributed by atoms with Crippen LogP contribution in [-0.4, -0.2) is 20.8 Å². The number of methoxy groups -OCH3 is 2. The van der Waals surface area contributed by atoms with Gasteiger partial charge in [0.25, 0.3) is 0 Å². The molecule has 1 saturated carbocycles. The molecule has 2 N–H and O–H groups in total. The van der Waals surface area contributed by atoms with Crippen molar-refractivity contribution >= 4 is 15.9 Å². The third kappa shape index (κ3) is 2.36. The number of nitrogens with two attached hydrogens (primary N) is 1. The highest BCUT2D eigenvalue weighted by atomic mass is 79.9. The lowest BCUT2D eigenvalue weighted by molar-refractivity contribution is 0.349. The van der Waals surface area contributed by atoms with E-state index in [0.29, 0.717) is 6.54 Å². The zero-order valence-electron chi connectivity index (χ0n) is 11.9. The summed E-state index contributed by atoms with van der Waals surface area (Å²) in [5.41, 5.74) is 8.71. The number of hydrogen-bond acceptors (Lipinski definition) is 3. The Labute approximate surface area is 123 Å². The van der Waals surface area contributed by atoms with Crippen molar-refractivity contribution in [3.8, 4) is 11.5 Å². The number of halogens is 1. The molecular weight excluding hydrogens is 306 g/mol. The van der Waals surface area contributed by atoms with Crippen LogP contribution in [0.1, 0.15) is 36.8 Å². The topological polar surface area (TPSA) is 44.5 Å². The highest BCUT2D eigenvalue weighted by Crippen LogP contribution is 2.49. The van der Waals surface area contributed by atoms with E-state index in [4.69, 9.17) is 15.2 Å². The lowest BCUT2D eigenvalue weighted by Crippen LogP contribution is -2.33. The molecular formula is C15H22BrNO2. The van der Waals surface area contributed by atoms with Gasteiger partial charge in [-0.3, -0.25) is 0 Å². The van der Waals surface area contributed by atoms with Crippen molar-refractivity contribution in [1.82, 2.24) is 0 Å². The van der Waals surface area contributed by atoms with E-state index in [1.54, 1.807) is 14.2 Å². The first-order chi connectivity index (χ1) is 9.09. The first-order valence-electron chi connectivity index (χ1n) is 6.71. The van der Waals surface area contributed by atoms with Crippen LogP contribution >= 0.6 is 15.9 Å². The number of benzene rings is 1. The molecule has 0 aromatic heterocycles. The van der Waals surface area contributed by atoms with Gasteiger partial charge in [-0.25, -0.2) is 0 Å². The van der Waals surface area contributed by atoms with E-state index in [0.717, 1.165) is 28.8 Å². The molecule has 0 bridgehead atoms. The van der Waals surface area contributed by atoms with Crippen LogP contribution in [0.15, 0.2) is 10.5 Å². The van der Waals surface area contributed by atoms with Crippen LogP contribution in [-0.2, 0) is 5.41 Å². The highest BCUT2D eigenvalue weighted by Gasteiger charge is 2.38. The zero-order valence-corrected chi connectivity index (χ0v) is 13.5. The summed E-state index contributed by atoms with van der Waals surface area (Å²) in [7, 11) is 3.34. The van der Waals surface area contributed by atoms with Crippen molar-refractivity contribution in [2.75, 3.05) is 20.8 Å². The van der Waals surface area contributed by atoms with Gasteiger partial charge in [0.2, 0.25) is 0 Å². The molecule has 1 aromatic carbocycles. The molecule has 0 heterocycles. The molecule has 106 valence electrons. The van der Waals surface area contributed by atoms with Gasteiger partial charge in [-0.2, -0.15) is 0 Å². The molecule has 1 aliphatic carbocycles.